The van der Waals surface area contributed by atoms with Gasteiger partial charge in [0.25, 0.3) is 0 Å². The van der Waals surface area contributed by atoms with Crippen LogP contribution in [0.4, 0.5) is 5.69 Å². The minimum absolute atomic E-state index is 0.258. The van der Waals surface area contributed by atoms with Crippen molar-refractivity contribution in [3.63, 3.8) is 0 Å². The van der Waals surface area contributed by atoms with Crippen molar-refractivity contribution in [2.75, 3.05) is 37.7 Å². The van der Waals surface area contributed by atoms with Gasteiger partial charge >= 0.3 is 0 Å². The Morgan fingerprint density at radius 1 is 0.690 bits per heavy atom. The van der Waals surface area contributed by atoms with Gasteiger partial charge in [-0.3, -0.25) is 4.90 Å². The fourth-order valence-corrected chi connectivity index (χ4v) is 4.28. The van der Waals surface area contributed by atoms with Gasteiger partial charge in [0.2, 0.25) is 0 Å². The van der Waals surface area contributed by atoms with E-state index in [1.807, 2.05) is 0 Å². The summed E-state index contributed by atoms with van der Waals surface area (Å²) in [5.74, 6) is 0. The topological polar surface area (TPSA) is 26.7 Å². The number of aryl methyl sites for hydroxylation is 1. The first-order valence-electron chi connectivity index (χ1n) is 10.6. The Morgan fingerprint density at radius 3 is 1.76 bits per heavy atom. The van der Waals surface area contributed by atoms with Crippen molar-refractivity contribution in [1.29, 1.82) is 0 Å². The fraction of sp³-hybridized carbons (Fsp3) is 0.308. The maximum atomic E-state index is 9.01. The zero-order chi connectivity index (χ0) is 19.9. The third kappa shape index (κ3) is 4.87. The van der Waals surface area contributed by atoms with Crippen LogP contribution in [-0.2, 0) is 6.42 Å². The molecule has 1 N–H and O–H groups in total. The van der Waals surface area contributed by atoms with Crippen LogP contribution in [0.3, 0.4) is 0 Å². The molecule has 3 heteroatoms. The third-order valence-corrected chi connectivity index (χ3v) is 5.84. The van der Waals surface area contributed by atoms with E-state index in [4.69, 9.17) is 5.11 Å². The van der Waals surface area contributed by atoms with Gasteiger partial charge in [-0.1, -0.05) is 72.8 Å². The Hall–Kier alpha value is -2.62. The van der Waals surface area contributed by atoms with Crippen LogP contribution in [0, 0.1) is 0 Å². The highest BCUT2D eigenvalue weighted by Crippen LogP contribution is 2.30. The van der Waals surface area contributed by atoms with Gasteiger partial charge in [-0.2, -0.15) is 0 Å². The van der Waals surface area contributed by atoms with E-state index in [0.29, 0.717) is 6.04 Å². The van der Waals surface area contributed by atoms with Crippen LogP contribution in [0.1, 0.15) is 29.2 Å². The number of rotatable bonds is 7. The summed E-state index contributed by atoms with van der Waals surface area (Å²) < 4.78 is 0. The Bertz CT molecular complexity index is 817. The van der Waals surface area contributed by atoms with Crippen LogP contribution in [-0.4, -0.2) is 42.8 Å². The van der Waals surface area contributed by atoms with Gasteiger partial charge in [0.1, 0.15) is 0 Å². The normalized spacial score (nSPS) is 15.0. The molecule has 1 aliphatic rings. The number of nitrogens with zero attached hydrogens (tertiary/aromatic N) is 2. The second-order valence-corrected chi connectivity index (χ2v) is 7.74. The highest BCUT2D eigenvalue weighted by atomic mass is 16.2. The molecule has 3 aromatic rings. The number of aliphatic hydroxyl groups excluding tert-OH is 1. The van der Waals surface area contributed by atoms with Gasteiger partial charge in [0.05, 0.1) is 6.04 Å². The van der Waals surface area contributed by atoms with Gasteiger partial charge in [0.15, 0.2) is 0 Å². The molecule has 3 aromatic carbocycles. The fourth-order valence-electron chi connectivity index (χ4n) is 4.28. The standard InChI is InChI=1S/C26H30N2O/c29-21-7-8-22-13-15-25(16-14-22)27-17-19-28(20-18-27)26(23-9-3-1-4-10-23)24-11-5-2-6-12-24/h1-6,9-16,26,29H,7-8,17-21H2. The van der Waals surface area contributed by atoms with Gasteiger partial charge in [0, 0.05) is 38.5 Å². The minimum atomic E-state index is 0.258. The molecule has 0 spiro atoms. The highest BCUT2D eigenvalue weighted by molar-refractivity contribution is 5.48. The second-order valence-electron chi connectivity index (χ2n) is 7.74. The zero-order valence-corrected chi connectivity index (χ0v) is 17.0. The van der Waals surface area contributed by atoms with E-state index in [1.54, 1.807) is 0 Å². The summed E-state index contributed by atoms with van der Waals surface area (Å²) in [4.78, 5) is 5.09. The summed E-state index contributed by atoms with van der Waals surface area (Å²) in [6.45, 7) is 4.41. The predicted octanol–water partition coefficient (Wildman–Crippen LogP) is 4.52. The monoisotopic (exact) mass is 386 g/mol. The SMILES string of the molecule is OCCCc1ccc(N2CCN(C(c3ccccc3)c3ccccc3)CC2)cc1. The summed E-state index contributed by atoms with van der Waals surface area (Å²) in [5, 5.41) is 9.01. The maximum Gasteiger partial charge on any atom is 0.0603 e. The van der Waals surface area contributed by atoms with Crippen LogP contribution in [0.5, 0.6) is 0 Å². The summed E-state index contributed by atoms with van der Waals surface area (Å²) in [7, 11) is 0. The van der Waals surface area contributed by atoms with Crippen molar-refractivity contribution in [3.8, 4) is 0 Å². The van der Waals surface area contributed by atoms with E-state index >= 15 is 0 Å². The lowest BCUT2D eigenvalue weighted by atomic mass is 9.96. The Morgan fingerprint density at radius 2 is 1.24 bits per heavy atom. The molecule has 1 heterocycles. The number of hydrogen-bond donors (Lipinski definition) is 1. The van der Waals surface area contributed by atoms with E-state index in [9.17, 15) is 0 Å². The lowest BCUT2D eigenvalue weighted by molar-refractivity contribution is 0.212. The smallest absolute Gasteiger partial charge is 0.0603 e. The molecule has 1 aliphatic heterocycles. The van der Waals surface area contributed by atoms with Crippen LogP contribution in [0.25, 0.3) is 0 Å². The van der Waals surface area contributed by atoms with E-state index in [2.05, 4.69) is 94.7 Å². The minimum Gasteiger partial charge on any atom is -0.396 e. The van der Waals surface area contributed by atoms with Crippen molar-refractivity contribution in [3.05, 3.63) is 102 Å². The van der Waals surface area contributed by atoms with E-state index in [-0.39, 0.29) is 6.61 Å². The molecule has 1 fully saturated rings. The average Bonchev–Trinajstić information content (AvgIpc) is 2.80. The van der Waals surface area contributed by atoms with Gasteiger partial charge < -0.3 is 10.0 Å². The molecule has 1 saturated heterocycles. The average molecular weight is 387 g/mol. The van der Waals surface area contributed by atoms with Crippen molar-refractivity contribution in [2.24, 2.45) is 0 Å². The first-order chi connectivity index (χ1) is 14.3. The third-order valence-electron chi connectivity index (χ3n) is 5.84. The molecule has 0 atom stereocenters. The van der Waals surface area contributed by atoms with Crippen molar-refractivity contribution in [2.45, 2.75) is 18.9 Å². The molecular weight excluding hydrogens is 356 g/mol. The molecule has 4 rings (SSSR count). The molecule has 150 valence electrons. The van der Waals surface area contributed by atoms with Crippen LogP contribution >= 0.6 is 0 Å². The summed E-state index contributed by atoms with van der Waals surface area (Å²) in [5.41, 5.74) is 5.32. The van der Waals surface area contributed by atoms with E-state index < -0.39 is 0 Å². The van der Waals surface area contributed by atoms with Crippen LogP contribution < -0.4 is 4.90 Å². The molecule has 29 heavy (non-hydrogen) atoms. The highest BCUT2D eigenvalue weighted by Gasteiger charge is 2.26. The number of anilines is 1. The molecule has 0 unspecified atom stereocenters. The van der Waals surface area contributed by atoms with Crippen LogP contribution in [0.2, 0.25) is 0 Å². The first-order valence-corrected chi connectivity index (χ1v) is 10.6. The van der Waals surface area contributed by atoms with E-state index in [0.717, 1.165) is 39.0 Å². The number of aliphatic hydroxyl groups is 1. The van der Waals surface area contributed by atoms with Crippen LogP contribution in [0.15, 0.2) is 84.9 Å². The zero-order valence-electron chi connectivity index (χ0n) is 17.0. The summed E-state index contributed by atoms with van der Waals surface area (Å²) >= 11 is 0. The molecule has 0 bridgehead atoms. The quantitative estimate of drug-likeness (QED) is 0.647. The first kappa shape index (κ1) is 19.7. The van der Waals surface area contributed by atoms with Crippen molar-refractivity contribution >= 4 is 5.69 Å². The lowest BCUT2D eigenvalue weighted by Gasteiger charge is -2.40. The molecule has 0 aromatic heterocycles. The van der Waals surface area contributed by atoms with Gasteiger partial charge in [-0.05, 0) is 41.7 Å². The Kier molecular flexibility index (Phi) is 6.60. The van der Waals surface area contributed by atoms with Gasteiger partial charge in [-0.15, -0.1) is 0 Å². The Balaban J connectivity index is 1.45. The number of piperazine rings is 1. The Labute approximate surface area is 174 Å². The molecule has 0 saturated carbocycles. The van der Waals surface area contributed by atoms with E-state index in [1.165, 1.54) is 22.4 Å². The lowest BCUT2D eigenvalue weighted by Crippen LogP contribution is -2.48. The molecule has 0 amide bonds. The van der Waals surface area contributed by atoms with Crippen molar-refractivity contribution in [1.82, 2.24) is 4.90 Å². The van der Waals surface area contributed by atoms with Gasteiger partial charge in [-0.25, -0.2) is 0 Å². The number of benzene rings is 3. The second kappa shape index (κ2) is 9.73. The largest absolute Gasteiger partial charge is 0.396 e. The molecule has 3 nitrogen and oxygen atoms in total. The summed E-state index contributed by atoms with van der Waals surface area (Å²) in [6, 6.07) is 30.9. The summed E-state index contributed by atoms with van der Waals surface area (Å²) in [6.07, 6.45) is 1.78. The molecular formula is C26H30N2O. The molecule has 0 radical (unpaired) electrons. The predicted molar refractivity (Wildman–Crippen MR) is 120 cm³/mol. The maximum absolute atomic E-state index is 9.01. The number of hydrogen-bond acceptors (Lipinski definition) is 3. The molecule has 0 aliphatic carbocycles. The van der Waals surface area contributed by atoms with Crippen molar-refractivity contribution < 1.29 is 5.11 Å².